The molecule has 2 amide bonds. The molecule has 5 heteroatoms. The van der Waals surface area contributed by atoms with Crippen molar-refractivity contribution in [3.05, 3.63) is 25.3 Å². The van der Waals surface area contributed by atoms with Gasteiger partial charge in [0.1, 0.15) is 0 Å². The minimum absolute atomic E-state index is 0.0766. The van der Waals surface area contributed by atoms with E-state index < -0.39 is 11.4 Å². The first-order chi connectivity index (χ1) is 8.94. The second kappa shape index (κ2) is 6.41. The fraction of sp³-hybridized carbons (Fsp3) is 0.571. The van der Waals surface area contributed by atoms with Gasteiger partial charge in [-0.15, -0.1) is 13.2 Å². The molecule has 0 aromatic rings. The molecule has 1 aliphatic heterocycles. The molecule has 0 bridgehead atoms. The third-order valence-corrected chi connectivity index (χ3v) is 3.62. The summed E-state index contributed by atoms with van der Waals surface area (Å²) in [6.07, 6.45) is 4.33. The van der Waals surface area contributed by atoms with Crippen LogP contribution in [0.15, 0.2) is 25.3 Å². The number of likely N-dealkylation sites (tertiary alicyclic amines) is 1. The highest BCUT2D eigenvalue weighted by Gasteiger charge is 2.38. The summed E-state index contributed by atoms with van der Waals surface area (Å²) < 4.78 is 0. The molecule has 1 aliphatic rings. The molecule has 1 rings (SSSR count). The number of nitrogens with zero attached hydrogens (tertiary/aromatic N) is 2. The van der Waals surface area contributed by atoms with Crippen molar-refractivity contribution in [3.63, 3.8) is 0 Å². The number of carboxylic acids is 1. The Hall–Kier alpha value is -1.78. The number of carbonyl (C=O) groups is 2. The van der Waals surface area contributed by atoms with E-state index in [-0.39, 0.29) is 6.03 Å². The Balaban J connectivity index is 2.63. The quantitative estimate of drug-likeness (QED) is 0.774. The lowest BCUT2D eigenvalue weighted by molar-refractivity contribution is -0.150. The SMILES string of the molecule is C=CCN(CC=C)C(=O)N1CCC(C)(C(=O)O)CC1. The maximum Gasteiger partial charge on any atom is 0.320 e. The minimum atomic E-state index is -0.784. The molecule has 0 saturated carbocycles. The van der Waals surface area contributed by atoms with Crippen molar-refractivity contribution in [2.45, 2.75) is 19.8 Å². The summed E-state index contributed by atoms with van der Waals surface area (Å²) in [6, 6.07) is -0.0766. The second-order valence-corrected chi connectivity index (χ2v) is 5.12. The number of urea groups is 1. The molecule has 0 atom stereocenters. The summed E-state index contributed by atoms with van der Waals surface area (Å²) in [6.45, 7) is 10.9. The van der Waals surface area contributed by atoms with E-state index >= 15 is 0 Å². The summed E-state index contributed by atoms with van der Waals surface area (Å²) in [5.41, 5.74) is -0.710. The number of aliphatic carboxylic acids is 1. The van der Waals surface area contributed by atoms with Crippen LogP contribution in [0.3, 0.4) is 0 Å². The highest BCUT2D eigenvalue weighted by molar-refractivity contribution is 5.77. The minimum Gasteiger partial charge on any atom is -0.481 e. The van der Waals surface area contributed by atoms with E-state index in [0.717, 1.165) is 0 Å². The van der Waals surface area contributed by atoms with Gasteiger partial charge >= 0.3 is 12.0 Å². The summed E-state index contributed by atoms with van der Waals surface area (Å²) >= 11 is 0. The monoisotopic (exact) mass is 266 g/mol. The topological polar surface area (TPSA) is 60.9 Å². The van der Waals surface area contributed by atoms with Gasteiger partial charge < -0.3 is 14.9 Å². The van der Waals surface area contributed by atoms with Gasteiger partial charge in [0.05, 0.1) is 5.41 Å². The van der Waals surface area contributed by atoms with E-state index in [2.05, 4.69) is 13.2 Å². The molecule has 0 spiro atoms. The van der Waals surface area contributed by atoms with E-state index in [1.807, 2.05) is 0 Å². The standard InChI is InChI=1S/C14H22N2O3/c1-4-8-15(9-5-2)13(19)16-10-6-14(3,7-11-16)12(17)18/h4-5H,1-2,6-11H2,3H3,(H,17,18). The lowest BCUT2D eigenvalue weighted by atomic mass is 9.80. The van der Waals surface area contributed by atoms with Crippen LogP contribution in [0.4, 0.5) is 4.79 Å². The van der Waals surface area contributed by atoms with Crippen molar-refractivity contribution in [3.8, 4) is 0 Å². The molecule has 0 aliphatic carbocycles. The number of hydrogen-bond donors (Lipinski definition) is 1. The molecule has 0 aromatic heterocycles. The molecule has 106 valence electrons. The molecule has 0 aromatic carbocycles. The predicted octanol–water partition coefficient (Wildman–Crippen LogP) is 1.97. The smallest absolute Gasteiger partial charge is 0.320 e. The van der Waals surface area contributed by atoms with Crippen LogP contribution in [-0.2, 0) is 4.79 Å². The molecule has 1 heterocycles. The average Bonchev–Trinajstić information content (AvgIpc) is 2.38. The van der Waals surface area contributed by atoms with Crippen LogP contribution in [0.25, 0.3) is 0 Å². The zero-order valence-corrected chi connectivity index (χ0v) is 11.5. The van der Waals surface area contributed by atoms with Gasteiger partial charge in [-0.3, -0.25) is 4.79 Å². The first-order valence-corrected chi connectivity index (χ1v) is 6.43. The second-order valence-electron chi connectivity index (χ2n) is 5.12. The number of amides is 2. The van der Waals surface area contributed by atoms with Gasteiger partial charge in [0.25, 0.3) is 0 Å². The van der Waals surface area contributed by atoms with E-state index in [9.17, 15) is 9.59 Å². The summed E-state index contributed by atoms with van der Waals surface area (Å²) in [4.78, 5) is 26.8. The average molecular weight is 266 g/mol. The zero-order chi connectivity index (χ0) is 14.5. The van der Waals surface area contributed by atoms with Gasteiger partial charge in [0.2, 0.25) is 0 Å². The normalized spacial score (nSPS) is 17.6. The third kappa shape index (κ3) is 3.59. The maximum atomic E-state index is 12.3. The van der Waals surface area contributed by atoms with Gasteiger partial charge in [0, 0.05) is 26.2 Å². The van der Waals surface area contributed by atoms with E-state index in [0.29, 0.717) is 39.0 Å². The third-order valence-electron chi connectivity index (χ3n) is 3.62. The molecule has 5 nitrogen and oxygen atoms in total. The van der Waals surface area contributed by atoms with Crippen molar-refractivity contribution in [2.75, 3.05) is 26.2 Å². The Morgan fingerprint density at radius 2 is 1.74 bits per heavy atom. The Morgan fingerprint density at radius 3 is 2.11 bits per heavy atom. The van der Waals surface area contributed by atoms with Crippen molar-refractivity contribution in [1.82, 2.24) is 9.80 Å². The van der Waals surface area contributed by atoms with Crippen LogP contribution in [0.2, 0.25) is 0 Å². The molecular formula is C14H22N2O3. The Labute approximate surface area is 114 Å². The summed E-state index contributed by atoms with van der Waals surface area (Å²) in [5, 5.41) is 9.16. The largest absolute Gasteiger partial charge is 0.481 e. The first kappa shape index (κ1) is 15.3. The van der Waals surface area contributed by atoms with Crippen LogP contribution in [0.1, 0.15) is 19.8 Å². The number of carbonyl (C=O) groups excluding carboxylic acids is 1. The lowest BCUT2D eigenvalue weighted by Gasteiger charge is -2.38. The molecule has 0 unspecified atom stereocenters. The Kier molecular flexibility index (Phi) is 5.15. The summed E-state index contributed by atoms with van der Waals surface area (Å²) in [5.74, 6) is -0.784. The van der Waals surface area contributed by atoms with E-state index in [1.54, 1.807) is 28.9 Å². The summed E-state index contributed by atoms with van der Waals surface area (Å²) in [7, 11) is 0. The van der Waals surface area contributed by atoms with Crippen LogP contribution >= 0.6 is 0 Å². The number of carboxylic acid groups (broad SMARTS) is 1. The fourth-order valence-corrected chi connectivity index (χ4v) is 2.15. The van der Waals surface area contributed by atoms with Crippen LogP contribution in [0, 0.1) is 5.41 Å². The molecular weight excluding hydrogens is 244 g/mol. The first-order valence-electron chi connectivity index (χ1n) is 6.43. The fourth-order valence-electron chi connectivity index (χ4n) is 2.15. The van der Waals surface area contributed by atoms with Crippen LogP contribution < -0.4 is 0 Å². The maximum absolute atomic E-state index is 12.3. The highest BCUT2D eigenvalue weighted by Crippen LogP contribution is 2.31. The lowest BCUT2D eigenvalue weighted by Crippen LogP contribution is -2.50. The van der Waals surface area contributed by atoms with Crippen LogP contribution in [-0.4, -0.2) is 53.1 Å². The van der Waals surface area contributed by atoms with Gasteiger partial charge in [-0.05, 0) is 19.8 Å². The Morgan fingerprint density at radius 1 is 1.26 bits per heavy atom. The van der Waals surface area contributed by atoms with Crippen molar-refractivity contribution in [1.29, 1.82) is 0 Å². The molecule has 1 fully saturated rings. The highest BCUT2D eigenvalue weighted by atomic mass is 16.4. The van der Waals surface area contributed by atoms with Gasteiger partial charge in [0.15, 0.2) is 0 Å². The van der Waals surface area contributed by atoms with Crippen molar-refractivity contribution >= 4 is 12.0 Å². The molecule has 1 saturated heterocycles. The molecule has 1 N–H and O–H groups in total. The number of piperidine rings is 1. The number of hydrogen-bond acceptors (Lipinski definition) is 2. The Bertz CT molecular complexity index is 361. The molecule has 19 heavy (non-hydrogen) atoms. The van der Waals surface area contributed by atoms with Gasteiger partial charge in [-0.2, -0.15) is 0 Å². The zero-order valence-electron chi connectivity index (χ0n) is 11.5. The van der Waals surface area contributed by atoms with E-state index in [4.69, 9.17) is 5.11 Å². The van der Waals surface area contributed by atoms with Crippen molar-refractivity contribution in [2.24, 2.45) is 5.41 Å². The predicted molar refractivity (Wildman–Crippen MR) is 73.9 cm³/mol. The van der Waals surface area contributed by atoms with Gasteiger partial charge in [-0.25, -0.2) is 4.79 Å². The molecule has 0 radical (unpaired) electrons. The van der Waals surface area contributed by atoms with Crippen molar-refractivity contribution < 1.29 is 14.7 Å². The van der Waals surface area contributed by atoms with E-state index in [1.165, 1.54) is 0 Å². The number of rotatable bonds is 5. The van der Waals surface area contributed by atoms with Gasteiger partial charge in [-0.1, -0.05) is 12.2 Å². The van der Waals surface area contributed by atoms with Crippen LogP contribution in [0.5, 0.6) is 0 Å².